The highest BCUT2D eigenvalue weighted by Crippen LogP contribution is 2.26. The molecule has 14 heavy (non-hydrogen) atoms. The van der Waals surface area contributed by atoms with Crippen LogP contribution >= 0.6 is 22.0 Å². The summed E-state index contributed by atoms with van der Waals surface area (Å²) in [4.78, 5) is 11.6. The quantitative estimate of drug-likeness (QED) is 0.612. The highest BCUT2D eigenvalue weighted by molar-refractivity contribution is 8.13. The molecule has 0 aliphatic carbocycles. The number of hydrogen-bond acceptors (Lipinski definition) is 4. The SMILES string of the molecule is CCCC(=O)c1sccc1S(=O)(=O)Cl. The molecule has 3 nitrogen and oxygen atoms in total. The number of ketones is 1. The van der Waals surface area contributed by atoms with E-state index >= 15 is 0 Å². The summed E-state index contributed by atoms with van der Waals surface area (Å²) in [6.07, 6.45) is 1.04. The van der Waals surface area contributed by atoms with Crippen molar-refractivity contribution in [2.45, 2.75) is 24.7 Å². The molecule has 0 fully saturated rings. The molecule has 1 heterocycles. The van der Waals surface area contributed by atoms with Crippen molar-refractivity contribution in [1.82, 2.24) is 0 Å². The first-order chi connectivity index (χ1) is 6.46. The van der Waals surface area contributed by atoms with Crippen LogP contribution in [0.3, 0.4) is 0 Å². The van der Waals surface area contributed by atoms with Crippen LogP contribution in [-0.2, 0) is 9.05 Å². The van der Waals surface area contributed by atoms with Crippen molar-refractivity contribution in [2.24, 2.45) is 0 Å². The van der Waals surface area contributed by atoms with Gasteiger partial charge in [0.1, 0.15) is 4.90 Å². The first-order valence-corrected chi connectivity index (χ1v) is 7.21. The highest BCUT2D eigenvalue weighted by atomic mass is 35.7. The first kappa shape index (κ1) is 11.7. The average molecular weight is 253 g/mol. The number of rotatable bonds is 4. The Morgan fingerprint density at radius 3 is 2.71 bits per heavy atom. The van der Waals surface area contributed by atoms with Crippen molar-refractivity contribution in [1.29, 1.82) is 0 Å². The molecule has 1 aromatic heterocycles. The Morgan fingerprint density at radius 2 is 2.21 bits per heavy atom. The molecular weight excluding hydrogens is 244 g/mol. The third kappa shape index (κ3) is 2.56. The Bertz CT molecular complexity index is 433. The molecule has 1 aromatic rings. The number of hydrogen-bond donors (Lipinski definition) is 0. The van der Waals surface area contributed by atoms with Gasteiger partial charge in [-0.25, -0.2) is 8.42 Å². The van der Waals surface area contributed by atoms with Gasteiger partial charge in [-0.1, -0.05) is 6.92 Å². The summed E-state index contributed by atoms with van der Waals surface area (Å²) >= 11 is 1.11. The zero-order valence-electron chi connectivity index (χ0n) is 7.49. The summed E-state index contributed by atoms with van der Waals surface area (Å²) < 4.78 is 22.1. The van der Waals surface area contributed by atoms with E-state index in [1.165, 1.54) is 6.07 Å². The standard InChI is InChI=1S/C8H9ClO3S2/c1-2-3-6(10)8-7(4-5-13-8)14(9,11)12/h4-5H,2-3H2,1H3. The number of carbonyl (C=O) groups is 1. The van der Waals surface area contributed by atoms with E-state index in [0.29, 0.717) is 12.8 Å². The maximum absolute atomic E-state index is 11.5. The second-order valence-corrected chi connectivity index (χ2v) is 6.18. The number of carbonyl (C=O) groups excluding carboxylic acids is 1. The topological polar surface area (TPSA) is 51.2 Å². The van der Waals surface area contributed by atoms with Crippen LogP contribution in [0.5, 0.6) is 0 Å². The molecule has 0 aromatic carbocycles. The lowest BCUT2D eigenvalue weighted by Gasteiger charge is -1.97. The Kier molecular flexibility index (Phi) is 3.69. The largest absolute Gasteiger partial charge is 0.293 e. The fraction of sp³-hybridized carbons (Fsp3) is 0.375. The fourth-order valence-electron chi connectivity index (χ4n) is 1.03. The fourth-order valence-corrected chi connectivity index (χ4v) is 3.44. The zero-order chi connectivity index (χ0) is 10.8. The van der Waals surface area contributed by atoms with Crippen molar-refractivity contribution in [2.75, 3.05) is 0 Å². The van der Waals surface area contributed by atoms with Gasteiger partial charge in [0.2, 0.25) is 0 Å². The van der Waals surface area contributed by atoms with Gasteiger partial charge in [-0.2, -0.15) is 0 Å². The van der Waals surface area contributed by atoms with Crippen LogP contribution in [0.4, 0.5) is 0 Å². The Morgan fingerprint density at radius 1 is 1.57 bits per heavy atom. The summed E-state index contributed by atoms with van der Waals surface area (Å²) in [6, 6.07) is 1.36. The van der Waals surface area contributed by atoms with Crippen molar-refractivity contribution < 1.29 is 13.2 Å². The lowest BCUT2D eigenvalue weighted by Crippen LogP contribution is -2.01. The molecule has 78 valence electrons. The van der Waals surface area contributed by atoms with Gasteiger partial charge in [-0.05, 0) is 17.9 Å². The molecule has 0 bridgehead atoms. The van der Waals surface area contributed by atoms with E-state index < -0.39 is 9.05 Å². The second-order valence-electron chi connectivity index (χ2n) is 2.72. The van der Waals surface area contributed by atoms with Gasteiger partial charge in [0.25, 0.3) is 9.05 Å². The minimum Gasteiger partial charge on any atom is -0.293 e. The first-order valence-electron chi connectivity index (χ1n) is 4.02. The van der Waals surface area contributed by atoms with Crippen LogP contribution < -0.4 is 0 Å². The second kappa shape index (κ2) is 4.42. The molecule has 0 spiro atoms. The van der Waals surface area contributed by atoms with Gasteiger partial charge in [0, 0.05) is 17.1 Å². The molecular formula is C8H9ClO3S2. The van der Waals surface area contributed by atoms with Gasteiger partial charge in [0.15, 0.2) is 5.78 Å². The van der Waals surface area contributed by atoms with E-state index in [9.17, 15) is 13.2 Å². The van der Waals surface area contributed by atoms with Crippen LogP contribution in [-0.4, -0.2) is 14.2 Å². The maximum Gasteiger partial charge on any atom is 0.262 e. The molecule has 0 atom stereocenters. The number of thiophene rings is 1. The highest BCUT2D eigenvalue weighted by Gasteiger charge is 2.21. The van der Waals surface area contributed by atoms with Crippen molar-refractivity contribution in [3.05, 3.63) is 16.3 Å². The summed E-state index contributed by atoms with van der Waals surface area (Å²) in [5, 5.41) is 1.55. The van der Waals surface area contributed by atoms with Crippen LogP contribution in [0.1, 0.15) is 29.4 Å². The third-order valence-corrected chi connectivity index (χ3v) is 4.07. The van der Waals surface area contributed by atoms with Gasteiger partial charge in [0.05, 0.1) is 4.88 Å². The minimum absolute atomic E-state index is 0.0670. The van der Waals surface area contributed by atoms with Crippen molar-refractivity contribution >= 4 is 36.9 Å². The van der Waals surface area contributed by atoms with E-state index in [1.807, 2.05) is 6.92 Å². The van der Waals surface area contributed by atoms with Crippen LogP contribution in [0.2, 0.25) is 0 Å². The lowest BCUT2D eigenvalue weighted by molar-refractivity contribution is 0.0983. The van der Waals surface area contributed by atoms with Crippen molar-refractivity contribution in [3.8, 4) is 0 Å². The maximum atomic E-state index is 11.5. The molecule has 0 amide bonds. The molecule has 0 aliphatic heterocycles. The Balaban J connectivity index is 3.12. The zero-order valence-corrected chi connectivity index (χ0v) is 9.88. The summed E-state index contributed by atoms with van der Waals surface area (Å²) in [5.74, 6) is -0.165. The van der Waals surface area contributed by atoms with E-state index in [1.54, 1.807) is 5.38 Å². The number of Topliss-reactive ketones (excluding diaryl/α,β-unsaturated/α-hetero) is 1. The van der Waals surface area contributed by atoms with E-state index in [2.05, 4.69) is 0 Å². The average Bonchev–Trinajstić information content (AvgIpc) is 2.50. The lowest BCUT2D eigenvalue weighted by atomic mass is 10.2. The van der Waals surface area contributed by atoms with E-state index in [0.717, 1.165) is 11.3 Å². The van der Waals surface area contributed by atoms with Gasteiger partial charge < -0.3 is 0 Å². The van der Waals surface area contributed by atoms with Crippen LogP contribution in [0.25, 0.3) is 0 Å². The molecule has 0 aliphatic rings. The van der Waals surface area contributed by atoms with Crippen LogP contribution in [0.15, 0.2) is 16.3 Å². The van der Waals surface area contributed by atoms with Gasteiger partial charge >= 0.3 is 0 Å². The monoisotopic (exact) mass is 252 g/mol. The third-order valence-electron chi connectivity index (χ3n) is 1.62. The molecule has 0 saturated carbocycles. The Labute approximate surface area is 91.1 Å². The van der Waals surface area contributed by atoms with Crippen molar-refractivity contribution in [3.63, 3.8) is 0 Å². The smallest absolute Gasteiger partial charge is 0.262 e. The molecule has 6 heteroatoms. The number of halogens is 1. The molecule has 0 unspecified atom stereocenters. The molecule has 0 radical (unpaired) electrons. The van der Waals surface area contributed by atoms with Crippen LogP contribution in [0, 0.1) is 0 Å². The molecule has 1 rings (SSSR count). The normalized spacial score (nSPS) is 11.6. The Hall–Kier alpha value is -0.390. The molecule has 0 saturated heterocycles. The summed E-state index contributed by atoms with van der Waals surface area (Å²) in [5.41, 5.74) is 0. The molecule has 0 N–H and O–H groups in total. The predicted molar refractivity (Wildman–Crippen MR) is 56.6 cm³/mol. The predicted octanol–water partition coefficient (Wildman–Crippen LogP) is 2.66. The van der Waals surface area contributed by atoms with E-state index in [4.69, 9.17) is 10.7 Å². The van der Waals surface area contributed by atoms with Gasteiger partial charge in [-0.3, -0.25) is 4.79 Å². The van der Waals surface area contributed by atoms with Gasteiger partial charge in [-0.15, -0.1) is 11.3 Å². The minimum atomic E-state index is -3.79. The van der Waals surface area contributed by atoms with E-state index in [-0.39, 0.29) is 15.6 Å². The summed E-state index contributed by atoms with van der Waals surface area (Å²) in [7, 11) is 1.38. The summed E-state index contributed by atoms with van der Waals surface area (Å²) in [6.45, 7) is 1.86.